The first-order chi connectivity index (χ1) is 9.65. The van der Waals surface area contributed by atoms with Gasteiger partial charge >= 0.3 is 0 Å². The molecule has 1 aromatic heterocycles. The molecule has 1 N–H and O–H groups in total. The van der Waals surface area contributed by atoms with Crippen molar-refractivity contribution >= 4 is 5.69 Å². The van der Waals surface area contributed by atoms with Gasteiger partial charge in [-0.1, -0.05) is 5.16 Å². The standard InChI is InChI=1S/C13H14N4O3/c1-8-11(6-7-14-8)13-15-12(16-20-13)9-2-4-10(5-3-9)17(18)19/h2-5,8,11,14H,6-7H2,1H3. The normalized spacial score (nSPS) is 22.1. The summed E-state index contributed by atoms with van der Waals surface area (Å²) in [5.74, 6) is 1.32. The molecule has 2 aromatic rings. The Balaban J connectivity index is 1.84. The lowest BCUT2D eigenvalue weighted by molar-refractivity contribution is -0.384. The van der Waals surface area contributed by atoms with Crippen molar-refractivity contribution in [3.05, 3.63) is 40.3 Å². The summed E-state index contributed by atoms with van der Waals surface area (Å²) >= 11 is 0. The third-order valence-electron chi connectivity index (χ3n) is 3.62. The first-order valence-electron chi connectivity index (χ1n) is 6.47. The number of hydrogen-bond donors (Lipinski definition) is 1. The number of nitrogens with one attached hydrogen (secondary N) is 1. The maximum atomic E-state index is 10.6. The Morgan fingerprint density at radius 2 is 2.15 bits per heavy atom. The number of nitro benzene ring substituents is 1. The molecule has 104 valence electrons. The van der Waals surface area contributed by atoms with E-state index in [9.17, 15) is 10.1 Å². The van der Waals surface area contributed by atoms with Crippen LogP contribution in [0.5, 0.6) is 0 Å². The molecule has 1 fully saturated rings. The van der Waals surface area contributed by atoms with E-state index in [1.54, 1.807) is 12.1 Å². The summed E-state index contributed by atoms with van der Waals surface area (Å²) in [4.78, 5) is 14.6. The molecule has 1 aliphatic rings. The highest BCUT2D eigenvalue weighted by Gasteiger charge is 2.29. The van der Waals surface area contributed by atoms with Crippen molar-refractivity contribution in [1.82, 2.24) is 15.5 Å². The van der Waals surface area contributed by atoms with Crippen molar-refractivity contribution < 1.29 is 9.45 Å². The SMILES string of the molecule is CC1NCCC1c1nc(-c2ccc([N+](=O)[O-])cc2)no1. The average molecular weight is 274 g/mol. The lowest BCUT2D eigenvalue weighted by atomic mass is 10.0. The van der Waals surface area contributed by atoms with E-state index in [0.717, 1.165) is 13.0 Å². The molecule has 0 aliphatic carbocycles. The van der Waals surface area contributed by atoms with Gasteiger partial charge in [0.1, 0.15) is 0 Å². The Labute approximate surface area is 115 Å². The lowest BCUT2D eigenvalue weighted by Crippen LogP contribution is -2.21. The van der Waals surface area contributed by atoms with Gasteiger partial charge in [0.25, 0.3) is 5.69 Å². The van der Waals surface area contributed by atoms with Gasteiger partial charge in [-0.3, -0.25) is 10.1 Å². The smallest absolute Gasteiger partial charge is 0.269 e. The first-order valence-corrected chi connectivity index (χ1v) is 6.47. The van der Waals surface area contributed by atoms with E-state index in [1.807, 2.05) is 0 Å². The van der Waals surface area contributed by atoms with Gasteiger partial charge in [-0.05, 0) is 32.0 Å². The zero-order valence-corrected chi connectivity index (χ0v) is 10.9. The van der Waals surface area contributed by atoms with Gasteiger partial charge in [-0.15, -0.1) is 0 Å². The third-order valence-corrected chi connectivity index (χ3v) is 3.62. The van der Waals surface area contributed by atoms with E-state index in [0.29, 0.717) is 23.3 Å². The number of nitrogens with zero attached hydrogens (tertiary/aromatic N) is 3. The van der Waals surface area contributed by atoms with Gasteiger partial charge in [0.05, 0.1) is 10.8 Å². The number of aromatic nitrogens is 2. The van der Waals surface area contributed by atoms with Crippen molar-refractivity contribution in [2.75, 3.05) is 6.54 Å². The summed E-state index contributed by atoms with van der Waals surface area (Å²) in [5.41, 5.74) is 0.760. The summed E-state index contributed by atoms with van der Waals surface area (Å²) in [6.45, 7) is 3.04. The fourth-order valence-electron chi connectivity index (χ4n) is 2.43. The minimum Gasteiger partial charge on any atom is -0.339 e. The van der Waals surface area contributed by atoms with Crippen molar-refractivity contribution in [2.45, 2.75) is 25.3 Å². The summed E-state index contributed by atoms with van der Waals surface area (Å²) in [7, 11) is 0. The molecule has 2 unspecified atom stereocenters. The molecule has 7 nitrogen and oxygen atoms in total. The molecule has 0 saturated carbocycles. The summed E-state index contributed by atoms with van der Waals surface area (Å²) in [6.07, 6.45) is 0.975. The van der Waals surface area contributed by atoms with Crippen LogP contribution in [0.3, 0.4) is 0 Å². The van der Waals surface area contributed by atoms with Crippen LogP contribution in [0.2, 0.25) is 0 Å². The number of hydrogen-bond acceptors (Lipinski definition) is 6. The second-order valence-electron chi connectivity index (χ2n) is 4.90. The van der Waals surface area contributed by atoms with Crippen molar-refractivity contribution in [1.29, 1.82) is 0 Å². The van der Waals surface area contributed by atoms with Crippen molar-refractivity contribution in [3.63, 3.8) is 0 Å². The van der Waals surface area contributed by atoms with Gasteiger partial charge < -0.3 is 9.84 Å². The highest BCUT2D eigenvalue weighted by atomic mass is 16.6. The molecule has 20 heavy (non-hydrogen) atoms. The third kappa shape index (κ3) is 2.27. The molecule has 1 saturated heterocycles. The predicted molar refractivity (Wildman–Crippen MR) is 71.2 cm³/mol. The Hall–Kier alpha value is -2.28. The Kier molecular flexibility index (Phi) is 3.19. The molecule has 1 aliphatic heterocycles. The summed E-state index contributed by atoms with van der Waals surface area (Å²) in [5, 5.41) is 17.9. The van der Waals surface area contributed by atoms with E-state index < -0.39 is 4.92 Å². The lowest BCUT2D eigenvalue weighted by Gasteiger charge is -2.08. The molecule has 3 rings (SSSR count). The number of nitro groups is 1. The van der Waals surface area contributed by atoms with Crippen molar-refractivity contribution in [3.8, 4) is 11.4 Å². The largest absolute Gasteiger partial charge is 0.339 e. The first kappa shape index (κ1) is 12.7. The second-order valence-corrected chi connectivity index (χ2v) is 4.90. The second kappa shape index (κ2) is 5.01. The molecule has 0 spiro atoms. The Bertz CT molecular complexity index is 623. The summed E-state index contributed by atoms with van der Waals surface area (Å²) < 4.78 is 5.32. The highest BCUT2D eigenvalue weighted by molar-refractivity contribution is 5.56. The zero-order valence-electron chi connectivity index (χ0n) is 10.9. The molecule has 0 radical (unpaired) electrons. The monoisotopic (exact) mass is 274 g/mol. The Morgan fingerprint density at radius 1 is 1.40 bits per heavy atom. The average Bonchev–Trinajstić information content (AvgIpc) is 3.07. The topological polar surface area (TPSA) is 94.1 Å². The van der Waals surface area contributed by atoms with Crippen molar-refractivity contribution in [2.24, 2.45) is 0 Å². The van der Waals surface area contributed by atoms with Gasteiger partial charge in [0, 0.05) is 23.7 Å². The molecule has 2 atom stereocenters. The summed E-state index contributed by atoms with van der Waals surface area (Å²) in [6, 6.07) is 6.45. The quantitative estimate of drug-likeness (QED) is 0.680. The molecule has 2 heterocycles. The van der Waals surface area contributed by atoms with E-state index in [4.69, 9.17) is 4.52 Å². The van der Waals surface area contributed by atoms with Crippen LogP contribution in [-0.2, 0) is 0 Å². The molecule has 0 amide bonds. The predicted octanol–water partition coefficient (Wildman–Crippen LogP) is 2.11. The molecular weight excluding hydrogens is 260 g/mol. The van der Waals surface area contributed by atoms with E-state index in [-0.39, 0.29) is 11.6 Å². The molecule has 1 aromatic carbocycles. The van der Waals surface area contributed by atoms with Crippen LogP contribution in [0.25, 0.3) is 11.4 Å². The van der Waals surface area contributed by atoms with Crippen LogP contribution >= 0.6 is 0 Å². The van der Waals surface area contributed by atoms with Crippen LogP contribution in [0, 0.1) is 10.1 Å². The van der Waals surface area contributed by atoms with E-state index in [1.165, 1.54) is 12.1 Å². The molecule has 7 heteroatoms. The zero-order chi connectivity index (χ0) is 14.1. The minimum absolute atomic E-state index is 0.0473. The Morgan fingerprint density at radius 3 is 2.75 bits per heavy atom. The van der Waals surface area contributed by atoms with E-state index >= 15 is 0 Å². The highest BCUT2D eigenvalue weighted by Crippen LogP contribution is 2.28. The number of non-ortho nitro benzene ring substituents is 1. The van der Waals surface area contributed by atoms with Gasteiger partial charge in [0.15, 0.2) is 0 Å². The van der Waals surface area contributed by atoms with Crippen LogP contribution < -0.4 is 5.32 Å². The maximum absolute atomic E-state index is 10.6. The van der Waals surface area contributed by atoms with Gasteiger partial charge in [0.2, 0.25) is 11.7 Å². The molecular formula is C13H14N4O3. The fourth-order valence-corrected chi connectivity index (χ4v) is 2.43. The van der Waals surface area contributed by atoms with Crippen LogP contribution in [0.15, 0.2) is 28.8 Å². The van der Waals surface area contributed by atoms with Crippen LogP contribution in [0.4, 0.5) is 5.69 Å². The van der Waals surface area contributed by atoms with Gasteiger partial charge in [-0.2, -0.15) is 4.98 Å². The molecule has 0 bridgehead atoms. The minimum atomic E-state index is -0.433. The van der Waals surface area contributed by atoms with E-state index in [2.05, 4.69) is 22.4 Å². The maximum Gasteiger partial charge on any atom is 0.269 e. The number of rotatable bonds is 3. The number of benzene rings is 1. The van der Waals surface area contributed by atoms with Crippen LogP contribution in [0.1, 0.15) is 25.2 Å². The van der Waals surface area contributed by atoms with Crippen LogP contribution in [-0.4, -0.2) is 27.7 Å². The van der Waals surface area contributed by atoms with Gasteiger partial charge in [-0.25, -0.2) is 0 Å². The fraction of sp³-hybridized carbons (Fsp3) is 0.385.